The Hall–Kier alpha value is -2.37. The monoisotopic (exact) mass is 485 g/mol. The van der Waals surface area contributed by atoms with Gasteiger partial charge in [-0.2, -0.15) is 18.3 Å². The summed E-state index contributed by atoms with van der Waals surface area (Å²) in [6.45, 7) is 5.03. The molecule has 2 aromatic rings. The highest BCUT2D eigenvalue weighted by Gasteiger charge is 2.39. The van der Waals surface area contributed by atoms with Gasteiger partial charge in [0.1, 0.15) is 0 Å². The SMILES string of the molecule is CC(C(=O)C1CCOC(c2cc(C(C)(C)C(N)=O)n[nH]2)C1)[S+]([O-])c1cccc(C(F)(F)F)c1. The van der Waals surface area contributed by atoms with Gasteiger partial charge in [0.15, 0.2) is 15.9 Å². The van der Waals surface area contributed by atoms with Crippen LogP contribution in [-0.4, -0.2) is 38.3 Å². The number of amides is 1. The highest BCUT2D eigenvalue weighted by molar-refractivity contribution is 7.92. The molecule has 3 N–H and O–H groups in total. The Morgan fingerprint density at radius 1 is 1.30 bits per heavy atom. The first-order chi connectivity index (χ1) is 15.3. The van der Waals surface area contributed by atoms with Crippen LogP contribution in [0.2, 0.25) is 0 Å². The third-order valence-electron chi connectivity index (χ3n) is 6.00. The number of rotatable bonds is 7. The van der Waals surface area contributed by atoms with E-state index >= 15 is 0 Å². The van der Waals surface area contributed by atoms with E-state index in [4.69, 9.17) is 10.5 Å². The van der Waals surface area contributed by atoms with Crippen molar-refractivity contribution in [1.29, 1.82) is 0 Å². The summed E-state index contributed by atoms with van der Waals surface area (Å²) in [4.78, 5) is 24.7. The van der Waals surface area contributed by atoms with E-state index < -0.39 is 51.5 Å². The van der Waals surface area contributed by atoms with Crippen molar-refractivity contribution in [1.82, 2.24) is 10.2 Å². The number of Topliss-reactive ketones (excluding diaryl/α,β-unsaturated/α-hetero) is 1. The van der Waals surface area contributed by atoms with E-state index in [2.05, 4.69) is 10.2 Å². The third kappa shape index (κ3) is 5.42. The van der Waals surface area contributed by atoms with Crippen LogP contribution >= 0.6 is 0 Å². The zero-order valence-corrected chi connectivity index (χ0v) is 19.3. The number of halogens is 3. The number of carbonyl (C=O) groups is 2. The van der Waals surface area contributed by atoms with Gasteiger partial charge in [0.2, 0.25) is 5.91 Å². The van der Waals surface area contributed by atoms with Crippen molar-refractivity contribution >= 4 is 22.9 Å². The quantitative estimate of drug-likeness (QED) is 0.582. The molecule has 4 atom stereocenters. The molecule has 1 aromatic carbocycles. The zero-order valence-electron chi connectivity index (χ0n) is 18.4. The number of carbonyl (C=O) groups excluding carboxylic acids is 2. The number of nitrogens with one attached hydrogen (secondary N) is 1. The van der Waals surface area contributed by atoms with E-state index in [1.54, 1.807) is 19.9 Å². The number of alkyl halides is 3. The Balaban J connectivity index is 1.72. The predicted molar refractivity (Wildman–Crippen MR) is 115 cm³/mol. The molecule has 1 saturated heterocycles. The Kier molecular flexibility index (Phi) is 7.25. The van der Waals surface area contributed by atoms with Gasteiger partial charge in [-0.25, -0.2) is 0 Å². The number of benzene rings is 1. The van der Waals surface area contributed by atoms with Crippen molar-refractivity contribution in [2.24, 2.45) is 11.7 Å². The molecule has 0 aliphatic carbocycles. The lowest BCUT2D eigenvalue weighted by atomic mass is 9.86. The molecule has 33 heavy (non-hydrogen) atoms. The maximum absolute atomic E-state index is 13.1. The van der Waals surface area contributed by atoms with Gasteiger partial charge in [0, 0.05) is 18.6 Å². The summed E-state index contributed by atoms with van der Waals surface area (Å²) < 4.78 is 57.6. The maximum Gasteiger partial charge on any atom is 0.416 e. The summed E-state index contributed by atoms with van der Waals surface area (Å²) in [5, 5.41) is 6.00. The molecule has 7 nitrogen and oxygen atoms in total. The van der Waals surface area contributed by atoms with E-state index in [1.165, 1.54) is 19.1 Å². The van der Waals surface area contributed by atoms with E-state index in [9.17, 15) is 27.3 Å². The summed E-state index contributed by atoms with van der Waals surface area (Å²) in [6, 6.07) is 5.90. The van der Waals surface area contributed by atoms with Crippen LogP contribution in [0.15, 0.2) is 35.2 Å². The molecule has 0 bridgehead atoms. The van der Waals surface area contributed by atoms with E-state index in [-0.39, 0.29) is 17.3 Å². The standard InChI is InChI=1S/C22H26F3N3O4S/c1-12(33(31)15-6-4-5-14(10-15)22(23,24)25)19(29)13-7-8-32-17(9-13)16-11-18(28-27-16)21(2,3)20(26)30/h4-6,10-13,17H,7-9H2,1-3H3,(H2,26,30)(H,27,28). The maximum atomic E-state index is 13.1. The van der Waals surface area contributed by atoms with Crippen LogP contribution in [0.4, 0.5) is 13.2 Å². The largest absolute Gasteiger partial charge is 0.611 e. The number of ether oxygens (including phenoxy) is 1. The molecule has 0 spiro atoms. The van der Waals surface area contributed by atoms with Crippen LogP contribution in [0, 0.1) is 5.92 Å². The summed E-state index contributed by atoms with van der Waals surface area (Å²) in [5.41, 5.74) is 4.57. The second kappa shape index (κ2) is 9.47. The number of H-pyrrole nitrogens is 1. The minimum atomic E-state index is -4.56. The first-order valence-electron chi connectivity index (χ1n) is 10.4. The summed E-state index contributed by atoms with van der Waals surface area (Å²) in [5.74, 6) is -1.32. The van der Waals surface area contributed by atoms with Crippen LogP contribution in [-0.2, 0) is 37.1 Å². The van der Waals surface area contributed by atoms with E-state index in [1.807, 2.05) is 0 Å². The molecule has 11 heteroatoms. The number of hydrogen-bond donors (Lipinski definition) is 2. The molecule has 4 unspecified atom stereocenters. The van der Waals surface area contributed by atoms with Crippen molar-refractivity contribution in [3.63, 3.8) is 0 Å². The number of ketones is 1. The van der Waals surface area contributed by atoms with Crippen LogP contribution in [0.1, 0.15) is 56.7 Å². The minimum absolute atomic E-state index is 0.0406. The lowest BCUT2D eigenvalue weighted by molar-refractivity contribution is -0.137. The van der Waals surface area contributed by atoms with Gasteiger partial charge in [-0.1, -0.05) is 6.07 Å². The number of primary amides is 1. The normalized spacial score (nSPS) is 21.4. The number of aromatic amines is 1. The molecule has 1 aliphatic heterocycles. The van der Waals surface area contributed by atoms with Crippen molar-refractivity contribution in [3.8, 4) is 0 Å². The van der Waals surface area contributed by atoms with Crippen molar-refractivity contribution in [2.45, 2.75) is 61.5 Å². The number of aromatic nitrogens is 2. The molecule has 2 heterocycles. The van der Waals surface area contributed by atoms with Gasteiger partial charge in [-0.05, 0) is 63.0 Å². The molecule has 3 rings (SSSR count). The number of nitrogens with zero attached hydrogens (tertiary/aromatic N) is 1. The van der Waals surface area contributed by atoms with Gasteiger partial charge in [-0.3, -0.25) is 14.7 Å². The van der Waals surface area contributed by atoms with E-state index in [0.717, 1.165) is 12.1 Å². The summed E-state index contributed by atoms with van der Waals surface area (Å²) in [6.07, 6.45) is -4.35. The van der Waals surface area contributed by atoms with Gasteiger partial charge in [0.25, 0.3) is 0 Å². The van der Waals surface area contributed by atoms with Crippen LogP contribution in [0.5, 0.6) is 0 Å². The zero-order chi connectivity index (χ0) is 24.6. The van der Waals surface area contributed by atoms with E-state index in [0.29, 0.717) is 24.2 Å². The van der Waals surface area contributed by atoms with Crippen LogP contribution < -0.4 is 5.73 Å². The second-order valence-corrected chi connectivity index (χ2v) is 10.4. The lowest BCUT2D eigenvalue weighted by Crippen LogP contribution is -2.36. The fourth-order valence-corrected chi connectivity index (χ4v) is 4.93. The Bertz CT molecular complexity index is 1020. The van der Waals surface area contributed by atoms with Crippen LogP contribution in [0.25, 0.3) is 0 Å². The number of nitrogens with two attached hydrogens (primary N) is 1. The second-order valence-electron chi connectivity index (χ2n) is 8.65. The third-order valence-corrected chi connectivity index (χ3v) is 7.60. The van der Waals surface area contributed by atoms with Crippen molar-refractivity contribution in [3.05, 3.63) is 47.3 Å². The Morgan fingerprint density at radius 2 is 2.00 bits per heavy atom. The average Bonchev–Trinajstić information content (AvgIpc) is 3.28. The molecule has 1 aliphatic rings. The molecule has 1 fully saturated rings. The Labute approximate surface area is 192 Å². The topological polar surface area (TPSA) is 121 Å². The molecule has 0 radical (unpaired) electrons. The first-order valence-corrected chi connectivity index (χ1v) is 11.6. The van der Waals surface area contributed by atoms with Gasteiger partial charge in [0.05, 0.1) is 28.5 Å². The molecule has 180 valence electrons. The van der Waals surface area contributed by atoms with Gasteiger partial charge >= 0.3 is 6.18 Å². The van der Waals surface area contributed by atoms with Gasteiger partial charge < -0.3 is 15.0 Å². The van der Waals surface area contributed by atoms with Crippen molar-refractivity contribution in [2.75, 3.05) is 6.61 Å². The molecule has 1 amide bonds. The molecular formula is C22H26F3N3O4S. The fraction of sp³-hybridized carbons (Fsp3) is 0.500. The highest BCUT2D eigenvalue weighted by atomic mass is 32.2. The lowest BCUT2D eigenvalue weighted by Gasteiger charge is -2.30. The Morgan fingerprint density at radius 3 is 2.64 bits per heavy atom. The average molecular weight is 486 g/mol. The smallest absolute Gasteiger partial charge is 0.416 e. The molecular weight excluding hydrogens is 459 g/mol. The minimum Gasteiger partial charge on any atom is -0.611 e. The van der Waals surface area contributed by atoms with Crippen LogP contribution in [0.3, 0.4) is 0 Å². The number of hydrogen-bond acceptors (Lipinski definition) is 5. The summed E-state index contributed by atoms with van der Waals surface area (Å²) in [7, 11) is 0. The molecule has 1 aromatic heterocycles. The first kappa shape index (κ1) is 25.3. The summed E-state index contributed by atoms with van der Waals surface area (Å²) >= 11 is -1.94. The molecule has 0 saturated carbocycles. The predicted octanol–water partition coefficient (Wildman–Crippen LogP) is 3.42. The van der Waals surface area contributed by atoms with Crippen molar-refractivity contribution < 1.29 is 32.0 Å². The highest BCUT2D eigenvalue weighted by Crippen LogP contribution is 2.35. The van der Waals surface area contributed by atoms with Gasteiger partial charge in [-0.15, -0.1) is 0 Å². The fourth-order valence-electron chi connectivity index (χ4n) is 3.66.